The number of aromatic nitrogens is 1. The molecule has 0 aliphatic carbocycles. The molecule has 0 saturated heterocycles. The molecule has 32 heavy (non-hydrogen) atoms. The topological polar surface area (TPSA) is 104 Å². The van der Waals surface area contributed by atoms with Crippen LogP contribution >= 0.6 is 15.9 Å². The Balaban J connectivity index is 1.99. The molecule has 0 aliphatic heterocycles. The van der Waals surface area contributed by atoms with Gasteiger partial charge in [0.2, 0.25) is 0 Å². The van der Waals surface area contributed by atoms with Gasteiger partial charge >= 0.3 is 6.18 Å². The first kappa shape index (κ1) is 23.1. The molecule has 2 amide bonds. The van der Waals surface area contributed by atoms with Crippen LogP contribution in [0.2, 0.25) is 0 Å². The first-order valence-corrected chi connectivity index (χ1v) is 9.77. The standard InChI is InChI=1S/C21H15BrF3N4O3/c1-27-20(31)17-10-13(6-7-28-17)32-18-8-11(19(26)30)2-5-16(18)29-12-3-4-15(22)14(9-12)21(23,24)25/h2-10,26,29H,1H3,(H,27,31). The summed E-state index contributed by atoms with van der Waals surface area (Å²) in [6.45, 7) is 0. The lowest BCUT2D eigenvalue weighted by atomic mass is 10.1. The zero-order valence-electron chi connectivity index (χ0n) is 16.4. The molecule has 1 aromatic heterocycles. The molecule has 3 N–H and O–H groups in total. The molecule has 7 nitrogen and oxygen atoms in total. The summed E-state index contributed by atoms with van der Waals surface area (Å²) in [5.74, 6) is -1.15. The Kier molecular flexibility index (Phi) is 6.68. The van der Waals surface area contributed by atoms with Crippen molar-refractivity contribution in [3.63, 3.8) is 0 Å². The lowest BCUT2D eigenvalue weighted by Gasteiger charge is -2.16. The number of nitrogens with one attached hydrogen (secondary N) is 3. The number of nitrogens with zero attached hydrogens (tertiary/aromatic N) is 1. The maximum atomic E-state index is 13.2. The number of hydrogen-bond donors (Lipinski definition) is 2. The van der Waals surface area contributed by atoms with Crippen molar-refractivity contribution in [3.05, 3.63) is 76.0 Å². The highest BCUT2D eigenvalue weighted by molar-refractivity contribution is 9.10. The number of ether oxygens (including phenoxy) is 1. The molecule has 1 heterocycles. The second-order valence-electron chi connectivity index (χ2n) is 6.42. The third kappa shape index (κ3) is 5.35. The molecule has 0 unspecified atom stereocenters. The minimum atomic E-state index is -4.56. The van der Waals surface area contributed by atoms with Crippen LogP contribution in [0.5, 0.6) is 11.5 Å². The van der Waals surface area contributed by atoms with Crippen LogP contribution in [0.1, 0.15) is 26.4 Å². The van der Waals surface area contributed by atoms with Crippen LogP contribution in [-0.2, 0) is 6.18 Å². The van der Waals surface area contributed by atoms with Crippen LogP contribution in [0.3, 0.4) is 0 Å². The quantitative estimate of drug-likeness (QED) is 0.478. The number of pyridine rings is 1. The highest BCUT2D eigenvalue weighted by Gasteiger charge is 2.33. The normalized spacial score (nSPS) is 11.0. The van der Waals surface area contributed by atoms with Gasteiger partial charge in [-0.15, -0.1) is 0 Å². The van der Waals surface area contributed by atoms with E-state index in [1.165, 1.54) is 55.7 Å². The van der Waals surface area contributed by atoms with Crippen LogP contribution in [0.25, 0.3) is 0 Å². The molecule has 1 radical (unpaired) electrons. The minimum absolute atomic E-state index is 0.0120. The van der Waals surface area contributed by atoms with E-state index in [4.69, 9.17) is 10.5 Å². The second kappa shape index (κ2) is 9.27. The van der Waals surface area contributed by atoms with Crippen molar-refractivity contribution >= 4 is 39.1 Å². The number of halogens is 4. The number of rotatable bonds is 6. The van der Waals surface area contributed by atoms with Gasteiger partial charge in [-0.3, -0.25) is 20.3 Å². The van der Waals surface area contributed by atoms with Crippen molar-refractivity contribution in [1.82, 2.24) is 16.0 Å². The zero-order chi connectivity index (χ0) is 23.5. The van der Waals surface area contributed by atoms with E-state index in [2.05, 4.69) is 31.5 Å². The van der Waals surface area contributed by atoms with Crippen LogP contribution < -0.4 is 21.1 Å². The van der Waals surface area contributed by atoms with Crippen LogP contribution in [0.15, 0.2) is 59.2 Å². The molecule has 3 aromatic rings. The molecule has 3 rings (SSSR count). The van der Waals surface area contributed by atoms with Gasteiger partial charge < -0.3 is 15.4 Å². The van der Waals surface area contributed by atoms with Crippen molar-refractivity contribution in [2.45, 2.75) is 6.18 Å². The van der Waals surface area contributed by atoms with Gasteiger partial charge in [0.25, 0.3) is 11.8 Å². The summed E-state index contributed by atoms with van der Waals surface area (Å²) in [6.07, 6.45) is -3.22. The Morgan fingerprint density at radius 3 is 2.50 bits per heavy atom. The SMILES string of the molecule is CNC(=O)c1cc(Oc2cc(C([NH])=O)ccc2Nc2ccc(Br)c(C(F)(F)F)c2)ccn1. The Morgan fingerprint density at radius 2 is 1.84 bits per heavy atom. The van der Waals surface area contributed by atoms with Crippen LogP contribution in [-0.4, -0.2) is 23.8 Å². The third-order valence-corrected chi connectivity index (χ3v) is 4.90. The fourth-order valence-electron chi connectivity index (χ4n) is 2.68. The lowest BCUT2D eigenvalue weighted by Crippen LogP contribution is -2.18. The first-order chi connectivity index (χ1) is 15.1. The number of amides is 2. The van der Waals surface area contributed by atoms with Gasteiger partial charge in [-0.1, -0.05) is 15.9 Å². The summed E-state index contributed by atoms with van der Waals surface area (Å²) >= 11 is 2.89. The molecule has 165 valence electrons. The van der Waals surface area contributed by atoms with Crippen molar-refractivity contribution < 1.29 is 27.5 Å². The largest absolute Gasteiger partial charge is 0.455 e. The zero-order valence-corrected chi connectivity index (χ0v) is 18.0. The molecule has 2 aromatic carbocycles. The molecular formula is C21H15BrF3N4O3. The highest BCUT2D eigenvalue weighted by Crippen LogP contribution is 2.38. The van der Waals surface area contributed by atoms with E-state index in [-0.39, 0.29) is 38.6 Å². The molecule has 0 saturated carbocycles. The second-order valence-corrected chi connectivity index (χ2v) is 7.27. The highest BCUT2D eigenvalue weighted by atomic mass is 79.9. The Bertz CT molecular complexity index is 1190. The van der Waals surface area contributed by atoms with Crippen molar-refractivity contribution in [1.29, 1.82) is 0 Å². The molecule has 0 spiro atoms. The van der Waals surface area contributed by atoms with Crippen LogP contribution in [0, 0.1) is 0 Å². The molecular weight excluding hydrogens is 493 g/mol. The lowest BCUT2D eigenvalue weighted by molar-refractivity contribution is -0.138. The number of carbonyl (C=O) groups is 2. The maximum absolute atomic E-state index is 13.2. The minimum Gasteiger partial charge on any atom is -0.455 e. The Labute approximate surface area is 188 Å². The fraction of sp³-hybridized carbons (Fsp3) is 0.0952. The molecule has 0 fully saturated rings. The van der Waals surface area contributed by atoms with Gasteiger partial charge in [0, 0.05) is 35.0 Å². The van der Waals surface area contributed by atoms with E-state index in [9.17, 15) is 22.8 Å². The maximum Gasteiger partial charge on any atom is 0.417 e. The van der Waals surface area contributed by atoms with Crippen molar-refractivity contribution in [2.24, 2.45) is 0 Å². The van der Waals surface area contributed by atoms with Gasteiger partial charge in [0.05, 0.1) is 11.3 Å². The van der Waals surface area contributed by atoms with Gasteiger partial charge in [-0.2, -0.15) is 13.2 Å². The van der Waals surface area contributed by atoms with Gasteiger partial charge in [-0.05, 0) is 42.5 Å². The summed E-state index contributed by atoms with van der Waals surface area (Å²) in [7, 11) is 1.44. The summed E-state index contributed by atoms with van der Waals surface area (Å²) in [5.41, 5.74) is 6.90. The predicted octanol–water partition coefficient (Wildman–Crippen LogP) is 5.18. The monoisotopic (exact) mass is 507 g/mol. The summed E-state index contributed by atoms with van der Waals surface area (Å²) < 4.78 is 45.4. The van der Waals surface area contributed by atoms with E-state index >= 15 is 0 Å². The van der Waals surface area contributed by atoms with Gasteiger partial charge in [0.1, 0.15) is 11.4 Å². The number of carbonyl (C=O) groups excluding carboxylic acids is 2. The van der Waals surface area contributed by atoms with E-state index < -0.39 is 23.6 Å². The van der Waals surface area contributed by atoms with E-state index in [1.807, 2.05) is 0 Å². The first-order valence-electron chi connectivity index (χ1n) is 8.98. The average Bonchev–Trinajstić information content (AvgIpc) is 2.75. The van der Waals surface area contributed by atoms with Gasteiger partial charge in [-0.25, -0.2) is 0 Å². The van der Waals surface area contributed by atoms with Crippen molar-refractivity contribution in [2.75, 3.05) is 12.4 Å². The summed E-state index contributed by atoms with van der Waals surface area (Å²) in [4.78, 5) is 27.2. The smallest absolute Gasteiger partial charge is 0.417 e. The van der Waals surface area contributed by atoms with E-state index in [0.717, 1.165) is 6.07 Å². The van der Waals surface area contributed by atoms with Crippen LogP contribution in [0.4, 0.5) is 24.5 Å². The molecule has 0 bridgehead atoms. The summed E-state index contributed by atoms with van der Waals surface area (Å²) in [5, 5.41) is 5.26. The molecule has 11 heteroatoms. The number of anilines is 2. The number of benzene rings is 2. The Morgan fingerprint density at radius 1 is 1.09 bits per heavy atom. The van der Waals surface area contributed by atoms with E-state index in [0.29, 0.717) is 0 Å². The average molecular weight is 508 g/mol. The molecule has 0 atom stereocenters. The van der Waals surface area contributed by atoms with E-state index in [1.54, 1.807) is 0 Å². The number of alkyl halides is 3. The van der Waals surface area contributed by atoms with Gasteiger partial charge in [0.15, 0.2) is 5.75 Å². The predicted molar refractivity (Wildman–Crippen MR) is 114 cm³/mol. The number of hydrogen-bond acceptors (Lipinski definition) is 5. The fourth-order valence-corrected chi connectivity index (χ4v) is 3.15. The summed E-state index contributed by atoms with van der Waals surface area (Å²) in [6, 6.07) is 10.5. The molecule has 0 aliphatic rings. The van der Waals surface area contributed by atoms with Crippen molar-refractivity contribution in [3.8, 4) is 11.5 Å². The third-order valence-electron chi connectivity index (χ3n) is 4.21. The Hall–Kier alpha value is -3.60.